The molecule has 4 aromatic rings. The first-order valence-corrected chi connectivity index (χ1v) is 9.51. The Morgan fingerprint density at radius 1 is 0.710 bits per heavy atom. The molecule has 0 spiro atoms. The largest absolute Gasteiger partial charge is 0.307 e. The fraction of sp³-hybridized carbons (Fsp3) is 0.185. The van der Waals surface area contributed by atoms with Gasteiger partial charge >= 0.3 is 0 Å². The number of rotatable bonds is 1. The molecule has 0 fully saturated rings. The van der Waals surface area contributed by atoms with Gasteiger partial charge in [-0.15, -0.1) is 33.7 Å². The molecule has 0 radical (unpaired) electrons. The topological polar surface area (TPSA) is 51.2 Å². The summed E-state index contributed by atoms with van der Waals surface area (Å²) in [5.74, 6) is 0. The second-order valence-electron chi connectivity index (χ2n) is 7.75. The first-order valence-electron chi connectivity index (χ1n) is 9.51. The van der Waals surface area contributed by atoms with Crippen LogP contribution in [-0.4, -0.2) is 20.4 Å². The monoisotopic (exact) mass is 457 g/mol. The van der Waals surface area contributed by atoms with Crippen LogP contribution in [-0.2, 0) is 36.9 Å². The minimum Gasteiger partial charge on any atom is -0.307 e. The zero-order valence-electron chi connectivity index (χ0n) is 18.6. The van der Waals surface area contributed by atoms with Crippen LogP contribution in [0.5, 0.6) is 0 Å². The maximum absolute atomic E-state index is 8.00. The van der Waals surface area contributed by atoms with E-state index in [1.54, 1.807) is 0 Å². The average Bonchev–Trinajstić information content (AvgIpc) is 3.16. The Labute approximate surface area is 195 Å². The van der Waals surface area contributed by atoms with Crippen molar-refractivity contribution in [2.45, 2.75) is 33.1 Å². The standard InChI is InChI=1S/C24H23.3CH2O.Fe/c1-16-9-5-6-11-18(16)19-12-7-10-17-15-21-20(23(17)19)13-8-14-22(21)24(2,3)4;3*1-2;/h5-15H,1-4H3;3*1H2;/q-1;;;;. The van der Waals surface area contributed by atoms with Gasteiger partial charge in [-0.3, -0.25) is 0 Å². The predicted octanol–water partition coefficient (Wildman–Crippen LogP) is 6.43. The van der Waals surface area contributed by atoms with Gasteiger partial charge in [0, 0.05) is 17.1 Å². The number of fused-ring (bicyclic) bond motifs is 3. The number of hydrogen-bond acceptors (Lipinski definition) is 3. The van der Waals surface area contributed by atoms with E-state index in [0.717, 1.165) is 0 Å². The maximum atomic E-state index is 8.00. The minimum absolute atomic E-state index is 0. The third kappa shape index (κ3) is 5.81. The summed E-state index contributed by atoms with van der Waals surface area (Å²) in [7, 11) is 0. The molecule has 0 saturated carbocycles. The molecule has 31 heavy (non-hydrogen) atoms. The molecule has 0 atom stereocenters. The summed E-state index contributed by atoms with van der Waals surface area (Å²) in [5, 5.41) is 5.48. The van der Waals surface area contributed by atoms with Crippen LogP contribution in [0.2, 0.25) is 0 Å². The van der Waals surface area contributed by atoms with Crippen molar-refractivity contribution in [3.63, 3.8) is 0 Å². The third-order valence-corrected chi connectivity index (χ3v) is 5.02. The first-order chi connectivity index (χ1) is 14.5. The Kier molecular flexibility index (Phi) is 11.5. The van der Waals surface area contributed by atoms with E-state index < -0.39 is 0 Å². The van der Waals surface area contributed by atoms with Crippen molar-refractivity contribution < 1.29 is 31.5 Å². The van der Waals surface area contributed by atoms with Crippen molar-refractivity contribution in [2.75, 3.05) is 0 Å². The van der Waals surface area contributed by atoms with Crippen molar-refractivity contribution in [1.82, 2.24) is 0 Å². The second-order valence-corrected chi connectivity index (χ2v) is 7.75. The molecule has 4 aromatic carbocycles. The summed E-state index contributed by atoms with van der Waals surface area (Å²) in [6, 6.07) is 24.5. The third-order valence-electron chi connectivity index (χ3n) is 5.02. The number of hydrogen-bond donors (Lipinski definition) is 0. The Hall–Kier alpha value is -2.94. The van der Waals surface area contributed by atoms with E-state index in [4.69, 9.17) is 14.4 Å². The average molecular weight is 457 g/mol. The van der Waals surface area contributed by atoms with Gasteiger partial charge < -0.3 is 14.4 Å². The molecule has 0 heterocycles. The fourth-order valence-electron chi connectivity index (χ4n) is 3.84. The van der Waals surface area contributed by atoms with E-state index in [1.165, 1.54) is 43.8 Å². The predicted molar refractivity (Wildman–Crippen MR) is 127 cm³/mol. The van der Waals surface area contributed by atoms with Crippen LogP contribution in [0, 0.1) is 6.92 Å². The Balaban J connectivity index is 0.00000119. The molecule has 0 aliphatic heterocycles. The SMILES string of the molecule is C=O.C=O.C=O.Cc1ccccc1-c1cccc2[cH-]c3c(C(C)(C)C)cccc3c12.[Fe]. The van der Waals surface area contributed by atoms with Gasteiger partial charge in [-0.2, -0.15) is 0 Å². The van der Waals surface area contributed by atoms with Gasteiger partial charge in [0.2, 0.25) is 0 Å². The Morgan fingerprint density at radius 2 is 1.26 bits per heavy atom. The van der Waals surface area contributed by atoms with Crippen LogP contribution in [0.1, 0.15) is 31.9 Å². The van der Waals surface area contributed by atoms with Gasteiger partial charge in [0.05, 0.1) is 0 Å². The zero-order valence-corrected chi connectivity index (χ0v) is 19.7. The van der Waals surface area contributed by atoms with Crippen molar-refractivity contribution in [1.29, 1.82) is 0 Å². The van der Waals surface area contributed by atoms with Gasteiger partial charge in [-0.25, -0.2) is 0 Å². The summed E-state index contributed by atoms with van der Waals surface area (Å²) < 4.78 is 0. The quantitative estimate of drug-likeness (QED) is 0.245. The van der Waals surface area contributed by atoms with Gasteiger partial charge in [-0.1, -0.05) is 86.5 Å². The van der Waals surface area contributed by atoms with Crippen molar-refractivity contribution >= 4 is 41.9 Å². The molecule has 0 aliphatic rings. The summed E-state index contributed by atoms with van der Waals surface area (Å²) in [6.45, 7) is 15.1. The van der Waals surface area contributed by atoms with Crippen molar-refractivity contribution in [3.8, 4) is 11.1 Å². The first kappa shape index (κ1) is 28.1. The molecule has 0 saturated heterocycles. The molecule has 4 heteroatoms. The molecule has 0 aliphatic carbocycles. The van der Waals surface area contributed by atoms with E-state index in [-0.39, 0.29) is 22.5 Å². The van der Waals surface area contributed by atoms with Crippen LogP contribution >= 0.6 is 0 Å². The summed E-state index contributed by atoms with van der Waals surface area (Å²) >= 11 is 0. The van der Waals surface area contributed by atoms with E-state index in [0.29, 0.717) is 0 Å². The number of carbonyl (C=O) groups excluding carboxylic acids is 3. The van der Waals surface area contributed by atoms with E-state index in [9.17, 15) is 0 Å². The fourth-order valence-corrected chi connectivity index (χ4v) is 3.84. The van der Waals surface area contributed by atoms with Gasteiger partial charge in [-0.05, 0) is 23.5 Å². The molecule has 0 aromatic heterocycles. The maximum Gasteiger partial charge on any atom is 0.106 e. The molecule has 0 amide bonds. The van der Waals surface area contributed by atoms with Crippen LogP contribution in [0.4, 0.5) is 0 Å². The van der Waals surface area contributed by atoms with Gasteiger partial charge in [0.15, 0.2) is 0 Å². The van der Waals surface area contributed by atoms with Crippen molar-refractivity contribution in [3.05, 3.63) is 77.9 Å². The number of carbonyl (C=O) groups is 3. The molecule has 164 valence electrons. The molecule has 4 rings (SSSR count). The Bertz CT molecular complexity index is 1100. The summed E-state index contributed by atoms with van der Waals surface area (Å²) in [6.07, 6.45) is 0. The van der Waals surface area contributed by atoms with Crippen LogP contribution in [0.15, 0.2) is 66.7 Å². The minimum atomic E-state index is 0. The van der Waals surface area contributed by atoms with Gasteiger partial charge in [0.25, 0.3) is 0 Å². The molecular weight excluding hydrogens is 428 g/mol. The smallest absolute Gasteiger partial charge is 0.106 e. The Morgan fingerprint density at radius 3 is 1.84 bits per heavy atom. The molecular formula is C27H29FeO3-. The normalized spacial score (nSPS) is 9.81. The zero-order chi connectivity index (χ0) is 22.9. The molecule has 0 N–H and O–H groups in total. The number of benzene rings is 3. The number of aryl methyl sites for hydroxylation is 1. The summed E-state index contributed by atoms with van der Waals surface area (Å²) in [4.78, 5) is 24.0. The van der Waals surface area contributed by atoms with E-state index in [1.807, 2.05) is 20.4 Å². The van der Waals surface area contributed by atoms with Crippen LogP contribution in [0.25, 0.3) is 32.7 Å². The van der Waals surface area contributed by atoms with Crippen LogP contribution < -0.4 is 0 Å². The van der Waals surface area contributed by atoms with E-state index >= 15 is 0 Å². The van der Waals surface area contributed by atoms with E-state index in [2.05, 4.69) is 94.4 Å². The second kappa shape index (κ2) is 12.7. The molecule has 3 nitrogen and oxygen atoms in total. The van der Waals surface area contributed by atoms with Crippen LogP contribution in [0.3, 0.4) is 0 Å². The van der Waals surface area contributed by atoms with Gasteiger partial charge in [0.1, 0.15) is 20.4 Å². The molecule has 0 unspecified atom stereocenters. The van der Waals surface area contributed by atoms with Crippen molar-refractivity contribution in [2.24, 2.45) is 0 Å². The molecule has 0 bridgehead atoms. The summed E-state index contributed by atoms with van der Waals surface area (Å²) in [5.41, 5.74) is 5.56.